The van der Waals surface area contributed by atoms with Gasteiger partial charge in [0.15, 0.2) is 6.61 Å². The van der Waals surface area contributed by atoms with Gasteiger partial charge in [0.1, 0.15) is 11.8 Å². The van der Waals surface area contributed by atoms with Gasteiger partial charge in [0.05, 0.1) is 12.0 Å². The molecule has 0 spiro atoms. The minimum Gasteiger partial charge on any atom is -0.490 e. The van der Waals surface area contributed by atoms with Crippen LogP contribution in [0.15, 0.2) is 72.8 Å². The van der Waals surface area contributed by atoms with Gasteiger partial charge in [-0.25, -0.2) is 0 Å². The first-order chi connectivity index (χ1) is 19.3. The van der Waals surface area contributed by atoms with Gasteiger partial charge >= 0.3 is 5.69 Å². The van der Waals surface area contributed by atoms with Gasteiger partial charge in [-0.1, -0.05) is 66.9 Å². The average molecular weight is 566 g/mol. The van der Waals surface area contributed by atoms with E-state index in [0.29, 0.717) is 11.4 Å². The van der Waals surface area contributed by atoms with Crippen LogP contribution in [0.25, 0.3) is 0 Å². The number of ether oxygens (including phenoxy) is 2. The molecule has 0 radical (unpaired) electrons. The highest BCUT2D eigenvalue weighted by Crippen LogP contribution is 2.31. The van der Waals surface area contributed by atoms with Crippen LogP contribution < -0.4 is 14.8 Å². The number of amides is 2. The number of carbonyl (C=O) groups excluding carboxylic acids is 2. The lowest BCUT2D eigenvalue weighted by molar-refractivity contribution is -0.385. The summed E-state index contributed by atoms with van der Waals surface area (Å²) in [7, 11) is 1.32. The predicted octanol–water partition coefficient (Wildman–Crippen LogP) is 5.33. The highest BCUT2D eigenvalue weighted by molar-refractivity contribution is 6.30. The number of methoxy groups -OCH3 is 1. The molecule has 0 saturated heterocycles. The van der Waals surface area contributed by atoms with Crippen LogP contribution in [0.1, 0.15) is 36.8 Å². The first-order valence-corrected chi connectivity index (χ1v) is 13.5. The molecule has 1 N–H and O–H groups in total. The predicted molar refractivity (Wildman–Crippen MR) is 151 cm³/mol. The number of nitrogens with zero attached hydrogens (tertiary/aromatic N) is 2. The van der Waals surface area contributed by atoms with Gasteiger partial charge in [0, 0.05) is 36.2 Å². The Bertz CT molecular complexity index is 1330. The summed E-state index contributed by atoms with van der Waals surface area (Å²) in [5.41, 5.74) is 1.47. The van der Waals surface area contributed by atoms with Crippen LogP contribution in [-0.2, 0) is 22.6 Å². The first kappa shape index (κ1) is 28.9. The molecule has 0 heterocycles. The number of rotatable bonds is 12. The van der Waals surface area contributed by atoms with Crippen molar-refractivity contribution in [3.05, 3.63) is 99.1 Å². The molecule has 3 aromatic carbocycles. The number of carbonyl (C=O) groups is 2. The van der Waals surface area contributed by atoms with Crippen molar-refractivity contribution < 1.29 is 24.0 Å². The number of hydrogen-bond acceptors (Lipinski definition) is 6. The van der Waals surface area contributed by atoms with Crippen molar-refractivity contribution in [2.75, 3.05) is 13.7 Å². The molecule has 40 heavy (non-hydrogen) atoms. The van der Waals surface area contributed by atoms with Crippen molar-refractivity contribution in [1.82, 2.24) is 10.2 Å². The summed E-state index contributed by atoms with van der Waals surface area (Å²) in [6.45, 7) is -0.245. The Labute approximate surface area is 238 Å². The zero-order chi connectivity index (χ0) is 28.5. The number of benzene rings is 3. The summed E-state index contributed by atoms with van der Waals surface area (Å²) in [5.74, 6) is -0.389. The molecule has 1 saturated carbocycles. The van der Waals surface area contributed by atoms with Crippen LogP contribution in [0, 0.1) is 10.1 Å². The Balaban J connectivity index is 1.61. The second-order valence-corrected chi connectivity index (χ2v) is 10.2. The Morgan fingerprint density at radius 1 is 1.05 bits per heavy atom. The molecular formula is C30H32ClN3O6. The maximum Gasteiger partial charge on any atom is 0.311 e. The molecule has 4 rings (SSSR count). The highest BCUT2D eigenvalue weighted by atomic mass is 35.5. The lowest BCUT2D eigenvalue weighted by Gasteiger charge is -2.32. The first-order valence-electron chi connectivity index (χ1n) is 13.2. The van der Waals surface area contributed by atoms with E-state index < -0.39 is 16.9 Å². The van der Waals surface area contributed by atoms with Crippen LogP contribution in [0.2, 0.25) is 5.02 Å². The largest absolute Gasteiger partial charge is 0.490 e. The molecule has 10 heteroatoms. The molecule has 0 aromatic heterocycles. The van der Waals surface area contributed by atoms with E-state index in [0.717, 1.165) is 36.8 Å². The summed E-state index contributed by atoms with van der Waals surface area (Å²) in [6, 6.07) is 20.0. The maximum atomic E-state index is 13.8. The van der Waals surface area contributed by atoms with Crippen LogP contribution in [0.5, 0.6) is 11.5 Å². The minimum absolute atomic E-state index is 0.0172. The Hall–Kier alpha value is -4.11. The smallest absolute Gasteiger partial charge is 0.311 e. The van der Waals surface area contributed by atoms with Crippen LogP contribution in [0.3, 0.4) is 0 Å². The summed E-state index contributed by atoms with van der Waals surface area (Å²) < 4.78 is 10.9. The number of nitro groups is 1. The van der Waals surface area contributed by atoms with Gasteiger partial charge < -0.3 is 19.7 Å². The van der Waals surface area contributed by atoms with E-state index in [2.05, 4.69) is 5.32 Å². The zero-order valence-corrected chi connectivity index (χ0v) is 23.0. The molecule has 1 fully saturated rings. The third-order valence-electron chi connectivity index (χ3n) is 6.92. The third kappa shape index (κ3) is 7.72. The SMILES string of the molecule is COc1cc(OCC(=O)N(Cc2cccc(Cl)c2)[C@@H](Cc2ccccc2)C(=O)NC2CCCC2)ccc1[N+](=O)[O-]. The van der Waals surface area contributed by atoms with E-state index in [-0.39, 0.29) is 42.3 Å². The van der Waals surface area contributed by atoms with Crippen molar-refractivity contribution >= 4 is 29.1 Å². The summed E-state index contributed by atoms with van der Waals surface area (Å²) in [5, 5.41) is 14.9. The number of nitro benzene ring substituents is 1. The average Bonchev–Trinajstić information content (AvgIpc) is 3.47. The lowest BCUT2D eigenvalue weighted by Crippen LogP contribution is -2.53. The van der Waals surface area contributed by atoms with Gasteiger partial charge in [0.25, 0.3) is 5.91 Å². The fourth-order valence-electron chi connectivity index (χ4n) is 4.88. The van der Waals surface area contributed by atoms with Crippen molar-refractivity contribution in [3.8, 4) is 11.5 Å². The molecular weight excluding hydrogens is 534 g/mol. The molecule has 0 bridgehead atoms. The van der Waals surface area contributed by atoms with Gasteiger partial charge in [-0.2, -0.15) is 0 Å². The van der Waals surface area contributed by atoms with E-state index in [1.165, 1.54) is 30.2 Å². The molecule has 2 amide bonds. The summed E-state index contributed by atoms with van der Waals surface area (Å²) >= 11 is 6.23. The van der Waals surface area contributed by atoms with Gasteiger partial charge in [-0.15, -0.1) is 0 Å². The second kappa shape index (κ2) is 13.8. The Kier molecular flexibility index (Phi) is 9.96. The standard InChI is InChI=1S/C30H32ClN3O6/c1-39-28-18-25(14-15-26(28)34(37)38)40-20-29(35)33(19-22-10-7-11-23(31)16-22)27(17-21-8-3-2-4-9-21)30(36)32-24-12-5-6-13-24/h2-4,7-11,14-16,18,24,27H,5-6,12-13,17,19-20H2,1H3,(H,32,36)/t27-/m0/s1. The van der Waals surface area contributed by atoms with E-state index in [4.69, 9.17) is 21.1 Å². The Morgan fingerprint density at radius 2 is 1.77 bits per heavy atom. The quantitative estimate of drug-likeness (QED) is 0.234. The van der Waals surface area contributed by atoms with E-state index in [1.54, 1.807) is 18.2 Å². The van der Waals surface area contributed by atoms with Gasteiger partial charge in [-0.3, -0.25) is 19.7 Å². The minimum atomic E-state index is -0.801. The molecule has 1 aliphatic carbocycles. The summed E-state index contributed by atoms with van der Waals surface area (Å²) in [6.07, 6.45) is 4.27. The van der Waals surface area contributed by atoms with Gasteiger partial charge in [0.2, 0.25) is 11.7 Å². The molecule has 0 unspecified atom stereocenters. The van der Waals surface area contributed by atoms with E-state index >= 15 is 0 Å². The number of hydrogen-bond donors (Lipinski definition) is 1. The third-order valence-corrected chi connectivity index (χ3v) is 7.16. The van der Waals surface area contributed by atoms with Crippen LogP contribution in [0.4, 0.5) is 5.69 Å². The van der Waals surface area contributed by atoms with Crippen molar-refractivity contribution in [2.45, 2.75) is 50.7 Å². The normalized spacial score (nSPS) is 13.8. The maximum absolute atomic E-state index is 13.8. The fourth-order valence-corrected chi connectivity index (χ4v) is 5.09. The molecule has 3 aromatic rings. The number of nitrogens with one attached hydrogen (secondary N) is 1. The molecule has 0 aliphatic heterocycles. The fraction of sp³-hybridized carbons (Fsp3) is 0.333. The number of halogens is 1. The van der Waals surface area contributed by atoms with Crippen molar-refractivity contribution in [3.63, 3.8) is 0 Å². The van der Waals surface area contributed by atoms with Crippen LogP contribution in [-0.4, -0.2) is 47.4 Å². The second-order valence-electron chi connectivity index (χ2n) is 9.73. The van der Waals surface area contributed by atoms with E-state index in [9.17, 15) is 19.7 Å². The van der Waals surface area contributed by atoms with Crippen LogP contribution >= 0.6 is 11.6 Å². The summed E-state index contributed by atoms with van der Waals surface area (Å²) in [4.78, 5) is 39.7. The van der Waals surface area contributed by atoms with Crippen molar-refractivity contribution in [1.29, 1.82) is 0 Å². The monoisotopic (exact) mass is 565 g/mol. The van der Waals surface area contributed by atoms with E-state index in [1.807, 2.05) is 36.4 Å². The highest BCUT2D eigenvalue weighted by Gasteiger charge is 2.32. The Morgan fingerprint density at radius 3 is 2.45 bits per heavy atom. The topological polar surface area (TPSA) is 111 Å². The zero-order valence-electron chi connectivity index (χ0n) is 22.3. The van der Waals surface area contributed by atoms with Gasteiger partial charge in [-0.05, 0) is 42.2 Å². The molecule has 9 nitrogen and oxygen atoms in total. The molecule has 210 valence electrons. The molecule has 1 atom stereocenters. The molecule has 1 aliphatic rings. The van der Waals surface area contributed by atoms with Crippen molar-refractivity contribution in [2.24, 2.45) is 0 Å². The lowest BCUT2D eigenvalue weighted by atomic mass is 10.0.